The molecule has 0 amide bonds. The summed E-state index contributed by atoms with van der Waals surface area (Å²) in [5.41, 5.74) is 0. The van der Waals surface area contributed by atoms with Gasteiger partial charge in [0.1, 0.15) is 0 Å². The van der Waals surface area contributed by atoms with Gasteiger partial charge in [-0.25, -0.2) is 0 Å². The standard InChI is InChI=1S/C12H24O2.Ti/c1-2-3-4-5-6-7-8-9-10-11-12(13)14;/h2-11H2,1H3,(H,13,14);/q;+4/p-1. The molecule has 0 radical (unpaired) electrons. The number of hydrogen-bond donors (Lipinski definition) is 0. The zero-order valence-corrected chi connectivity index (χ0v) is 11.4. The van der Waals surface area contributed by atoms with E-state index in [9.17, 15) is 9.90 Å². The molecule has 0 rings (SSSR count). The minimum Gasteiger partial charge on any atom is -0.550 e. The zero-order valence-electron chi connectivity index (χ0n) is 9.89. The second kappa shape index (κ2) is 14.2. The summed E-state index contributed by atoms with van der Waals surface area (Å²) in [6.45, 7) is 2.22. The normalized spacial score (nSPS) is 9.67. The van der Waals surface area contributed by atoms with Crippen molar-refractivity contribution in [2.24, 2.45) is 0 Å². The van der Waals surface area contributed by atoms with Crippen LogP contribution in [0, 0.1) is 0 Å². The average Bonchev–Trinajstić information content (AvgIpc) is 2.15. The van der Waals surface area contributed by atoms with Crippen LogP contribution in [0.3, 0.4) is 0 Å². The summed E-state index contributed by atoms with van der Waals surface area (Å²) in [6.07, 6.45) is 11.2. The van der Waals surface area contributed by atoms with Crippen molar-refractivity contribution in [2.45, 2.75) is 71.1 Å². The fourth-order valence-electron chi connectivity index (χ4n) is 1.58. The van der Waals surface area contributed by atoms with Gasteiger partial charge in [-0.2, -0.15) is 0 Å². The predicted octanol–water partition coefficient (Wildman–Crippen LogP) is 2.65. The third-order valence-electron chi connectivity index (χ3n) is 2.48. The fourth-order valence-corrected chi connectivity index (χ4v) is 1.58. The molecule has 0 aromatic heterocycles. The predicted molar refractivity (Wildman–Crippen MR) is 56.9 cm³/mol. The minimum absolute atomic E-state index is 0. The van der Waals surface area contributed by atoms with Gasteiger partial charge in [-0.1, -0.05) is 58.3 Å². The number of carbonyl (C=O) groups excluding carboxylic acids is 1. The van der Waals surface area contributed by atoms with Gasteiger partial charge in [0.15, 0.2) is 0 Å². The molecule has 0 aromatic carbocycles. The van der Waals surface area contributed by atoms with E-state index in [4.69, 9.17) is 0 Å². The van der Waals surface area contributed by atoms with Gasteiger partial charge in [0, 0.05) is 5.97 Å². The summed E-state index contributed by atoms with van der Waals surface area (Å²) in [4.78, 5) is 10.1. The van der Waals surface area contributed by atoms with Gasteiger partial charge in [-0.3, -0.25) is 0 Å². The van der Waals surface area contributed by atoms with Crippen LogP contribution < -0.4 is 5.11 Å². The molecular weight excluding hydrogens is 224 g/mol. The molecule has 0 saturated heterocycles. The summed E-state index contributed by atoms with van der Waals surface area (Å²) in [7, 11) is 0. The summed E-state index contributed by atoms with van der Waals surface area (Å²) in [6, 6.07) is 0. The summed E-state index contributed by atoms with van der Waals surface area (Å²) >= 11 is 0. The number of carboxylic acid groups (broad SMARTS) is 1. The first-order valence-corrected chi connectivity index (χ1v) is 5.97. The third kappa shape index (κ3) is 16.8. The van der Waals surface area contributed by atoms with Crippen LogP contribution in [0.25, 0.3) is 0 Å². The van der Waals surface area contributed by atoms with Gasteiger partial charge in [-0.05, 0) is 12.8 Å². The fraction of sp³-hybridized carbons (Fsp3) is 0.917. The van der Waals surface area contributed by atoms with Crippen LogP contribution in [0.5, 0.6) is 0 Å². The molecule has 0 bridgehead atoms. The minimum atomic E-state index is -0.909. The van der Waals surface area contributed by atoms with Crippen LogP contribution in [0.15, 0.2) is 0 Å². The van der Waals surface area contributed by atoms with E-state index < -0.39 is 5.97 Å². The first kappa shape index (κ1) is 17.6. The molecule has 0 aliphatic rings. The van der Waals surface area contributed by atoms with Crippen molar-refractivity contribution in [3.63, 3.8) is 0 Å². The van der Waals surface area contributed by atoms with E-state index in [2.05, 4.69) is 6.92 Å². The number of aliphatic carboxylic acids is 1. The molecule has 2 nitrogen and oxygen atoms in total. The van der Waals surface area contributed by atoms with E-state index in [1.807, 2.05) is 0 Å². The van der Waals surface area contributed by atoms with Gasteiger partial charge < -0.3 is 9.90 Å². The number of unbranched alkanes of at least 4 members (excludes halogenated alkanes) is 8. The molecule has 84 valence electrons. The summed E-state index contributed by atoms with van der Waals surface area (Å²) < 4.78 is 0. The van der Waals surface area contributed by atoms with E-state index in [1.165, 1.54) is 44.9 Å². The summed E-state index contributed by atoms with van der Waals surface area (Å²) in [5.74, 6) is -0.909. The average molecular weight is 247 g/mol. The quantitative estimate of drug-likeness (QED) is 0.440. The van der Waals surface area contributed by atoms with Gasteiger partial charge in [0.25, 0.3) is 0 Å². The Hall–Kier alpha value is 0.184. The van der Waals surface area contributed by atoms with E-state index in [0.29, 0.717) is 0 Å². The Bertz CT molecular complexity index is 138. The topological polar surface area (TPSA) is 40.1 Å². The maximum absolute atomic E-state index is 10.1. The first-order valence-electron chi connectivity index (χ1n) is 5.97. The molecule has 0 unspecified atom stereocenters. The zero-order chi connectivity index (χ0) is 10.6. The van der Waals surface area contributed by atoms with Crippen molar-refractivity contribution in [1.29, 1.82) is 0 Å². The largest absolute Gasteiger partial charge is 4.00 e. The number of rotatable bonds is 10. The molecule has 0 fully saturated rings. The van der Waals surface area contributed by atoms with Crippen LogP contribution in [-0.4, -0.2) is 5.97 Å². The van der Waals surface area contributed by atoms with Crippen molar-refractivity contribution in [3.8, 4) is 0 Å². The van der Waals surface area contributed by atoms with Gasteiger partial charge in [-0.15, -0.1) is 0 Å². The van der Waals surface area contributed by atoms with Gasteiger partial charge in [0.05, 0.1) is 0 Å². The molecule has 15 heavy (non-hydrogen) atoms. The SMILES string of the molecule is CCCCCCCCCCCC(=O)[O-].[Ti+4]. The molecule has 0 N–H and O–H groups in total. The Morgan fingerprint density at radius 3 is 1.67 bits per heavy atom. The summed E-state index contributed by atoms with van der Waals surface area (Å²) in [5, 5.41) is 10.1. The van der Waals surface area contributed by atoms with Crippen molar-refractivity contribution < 1.29 is 31.6 Å². The van der Waals surface area contributed by atoms with Crippen LogP contribution in [0.1, 0.15) is 71.1 Å². The van der Waals surface area contributed by atoms with Crippen LogP contribution in [0.2, 0.25) is 0 Å². The monoisotopic (exact) mass is 247 g/mol. The van der Waals surface area contributed by atoms with Gasteiger partial charge in [0.2, 0.25) is 0 Å². The van der Waals surface area contributed by atoms with E-state index in [0.717, 1.165) is 12.8 Å². The molecule has 0 atom stereocenters. The molecule has 0 aliphatic heterocycles. The Balaban J connectivity index is 0. The Morgan fingerprint density at radius 2 is 1.27 bits per heavy atom. The molecular formula is C12H23O2Ti+3. The Labute approximate surface area is 109 Å². The maximum atomic E-state index is 10.1. The third-order valence-corrected chi connectivity index (χ3v) is 2.48. The van der Waals surface area contributed by atoms with E-state index >= 15 is 0 Å². The van der Waals surface area contributed by atoms with Crippen molar-refractivity contribution in [2.75, 3.05) is 0 Å². The van der Waals surface area contributed by atoms with Crippen molar-refractivity contribution in [1.82, 2.24) is 0 Å². The second-order valence-corrected chi connectivity index (χ2v) is 3.95. The Morgan fingerprint density at radius 1 is 0.867 bits per heavy atom. The number of hydrogen-bond acceptors (Lipinski definition) is 2. The van der Waals surface area contributed by atoms with Crippen molar-refractivity contribution in [3.05, 3.63) is 0 Å². The first-order chi connectivity index (χ1) is 6.77. The van der Waals surface area contributed by atoms with Gasteiger partial charge >= 0.3 is 21.7 Å². The smallest absolute Gasteiger partial charge is 0.550 e. The molecule has 0 aliphatic carbocycles. The van der Waals surface area contributed by atoms with Crippen molar-refractivity contribution >= 4 is 5.97 Å². The van der Waals surface area contributed by atoms with E-state index in [-0.39, 0.29) is 28.1 Å². The Kier molecular flexibility index (Phi) is 16.6. The number of carboxylic acids is 1. The van der Waals surface area contributed by atoms with E-state index in [1.54, 1.807) is 0 Å². The number of carbonyl (C=O) groups is 1. The second-order valence-electron chi connectivity index (χ2n) is 3.95. The maximum Gasteiger partial charge on any atom is 4.00 e. The molecule has 3 heteroatoms. The molecule has 0 spiro atoms. The van der Waals surface area contributed by atoms with Crippen LogP contribution in [-0.2, 0) is 26.5 Å². The molecule has 0 aromatic rings. The molecule has 0 heterocycles. The van der Waals surface area contributed by atoms with Crippen LogP contribution >= 0.6 is 0 Å². The molecule has 0 saturated carbocycles. The van der Waals surface area contributed by atoms with Crippen LogP contribution in [0.4, 0.5) is 0 Å².